The summed E-state index contributed by atoms with van der Waals surface area (Å²) in [6, 6.07) is 12.5. The third-order valence-electron chi connectivity index (χ3n) is 8.47. The van der Waals surface area contributed by atoms with E-state index in [1.54, 1.807) is 23.1 Å². The highest BCUT2D eigenvalue weighted by atomic mass is 32.1. The van der Waals surface area contributed by atoms with Gasteiger partial charge >= 0.3 is 12.2 Å². The number of hydrogen-bond donors (Lipinski definition) is 2. The normalized spacial score (nSPS) is 17.3. The third kappa shape index (κ3) is 6.78. The molecule has 46 heavy (non-hydrogen) atoms. The molecule has 1 saturated heterocycles. The number of ether oxygens (including phenoxy) is 1. The molecule has 4 heterocycles. The number of anilines is 2. The maximum absolute atomic E-state index is 14.0. The fourth-order valence-electron chi connectivity index (χ4n) is 5.67. The van der Waals surface area contributed by atoms with Crippen LogP contribution in [-0.2, 0) is 30.6 Å². The summed E-state index contributed by atoms with van der Waals surface area (Å²) in [5.41, 5.74) is 2.00. The van der Waals surface area contributed by atoms with Crippen molar-refractivity contribution in [2.45, 2.75) is 38.7 Å². The SMILES string of the molecule is CN1CCN(Cc2ccc(NC(=O)N3Cc4ccc(Oc5ccc6nc(NC(=O)C7CC7)sc6n5)cc4C3)cc2C(F)(F)F)CC1. The van der Waals surface area contributed by atoms with Gasteiger partial charge < -0.3 is 25.2 Å². The molecule has 3 aliphatic rings. The van der Waals surface area contributed by atoms with Crippen molar-refractivity contribution >= 4 is 44.4 Å². The second kappa shape index (κ2) is 12.2. The number of thiazole rings is 1. The summed E-state index contributed by atoms with van der Waals surface area (Å²) >= 11 is 1.28. The maximum atomic E-state index is 14.0. The van der Waals surface area contributed by atoms with Crippen molar-refractivity contribution in [1.82, 2.24) is 24.7 Å². The number of carbonyl (C=O) groups is 2. The van der Waals surface area contributed by atoms with E-state index in [-0.39, 0.29) is 36.2 Å². The van der Waals surface area contributed by atoms with Gasteiger partial charge in [0.15, 0.2) is 5.13 Å². The van der Waals surface area contributed by atoms with Crippen molar-refractivity contribution in [2.24, 2.45) is 5.92 Å². The molecule has 2 aliphatic heterocycles. The Kier molecular flexibility index (Phi) is 8.03. The Morgan fingerprint density at radius 1 is 0.957 bits per heavy atom. The second-order valence-electron chi connectivity index (χ2n) is 12.0. The highest BCUT2D eigenvalue weighted by molar-refractivity contribution is 7.21. The van der Waals surface area contributed by atoms with Gasteiger partial charge in [0.1, 0.15) is 16.1 Å². The van der Waals surface area contributed by atoms with Gasteiger partial charge in [-0.25, -0.2) is 14.8 Å². The molecule has 10 nitrogen and oxygen atoms in total. The molecule has 2 aromatic carbocycles. The van der Waals surface area contributed by atoms with E-state index in [0.29, 0.717) is 46.7 Å². The first-order chi connectivity index (χ1) is 22.1. The van der Waals surface area contributed by atoms with Gasteiger partial charge in [0.05, 0.1) is 5.56 Å². The van der Waals surface area contributed by atoms with Crippen LogP contribution in [0.3, 0.4) is 0 Å². The molecule has 1 saturated carbocycles. The molecule has 0 spiro atoms. The van der Waals surface area contributed by atoms with Crippen LogP contribution in [0, 0.1) is 5.92 Å². The van der Waals surface area contributed by atoms with Crippen molar-refractivity contribution in [2.75, 3.05) is 43.9 Å². The van der Waals surface area contributed by atoms with E-state index < -0.39 is 17.8 Å². The van der Waals surface area contributed by atoms with E-state index >= 15 is 0 Å². The van der Waals surface area contributed by atoms with Crippen LogP contribution in [0.4, 0.5) is 28.8 Å². The molecule has 240 valence electrons. The molecule has 7 rings (SSSR count). The molecular formula is C32H32F3N7O3S. The average molecular weight is 652 g/mol. The van der Waals surface area contributed by atoms with Crippen LogP contribution in [0.2, 0.25) is 0 Å². The van der Waals surface area contributed by atoms with Gasteiger partial charge in [0.2, 0.25) is 11.8 Å². The summed E-state index contributed by atoms with van der Waals surface area (Å²) < 4.78 is 48.1. The topological polar surface area (TPSA) is 103 Å². The number of piperazine rings is 1. The maximum Gasteiger partial charge on any atom is 0.416 e. The van der Waals surface area contributed by atoms with E-state index in [1.165, 1.54) is 23.5 Å². The number of likely N-dealkylation sites (N-methyl/N-ethyl adjacent to an activating group) is 1. The van der Waals surface area contributed by atoms with Gasteiger partial charge in [-0.1, -0.05) is 23.5 Å². The zero-order valence-electron chi connectivity index (χ0n) is 25.1. The van der Waals surface area contributed by atoms with Crippen LogP contribution in [0.15, 0.2) is 48.5 Å². The lowest BCUT2D eigenvalue weighted by atomic mass is 10.0. The fraction of sp³-hybridized carbons (Fsp3) is 0.375. The van der Waals surface area contributed by atoms with Crippen molar-refractivity contribution in [3.8, 4) is 11.6 Å². The van der Waals surface area contributed by atoms with E-state index in [1.807, 2.05) is 24.1 Å². The number of fused-ring (bicyclic) bond motifs is 2. The predicted molar refractivity (Wildman–Crippen MR) is 168 cm³/mol. The minimum Gasteiger partial charge on any atom is -0.439 e. The molecule has 0 radical (unpaired) electrons. The van der Waals surface area contributed by atoms with Crippen LogP contribution in [-0.4, -0.2) is 69.8 Å². The molecule has 0 bridgehead atoms. The number of amides is 3. The van der Waals surface area contributed by atoms with Crippen LogP contribution in [0.25, 0.3) is 10.3 Å². The van der Waals surface area contributed by atoms with Crippen LogP contribution in [0.5, 0.6) is 11.6 Å². The van der Waals surface area contributed by atoms with Crippen LogP contribution in [0.1, 0.15) is 35.1 Å². The smallest absolute Gasteiger partial charge is 0.416 e. The zero-order valence-corrected chi connectivity index (χ0v) is 25.9. The number of halogens is 3. The summed E-state index contributed by atoms with van der Waals surface area (Å²) in [5.74, 6) is 0.953. The second-order valence-corrected chi connectivity index (χ2v) is 13.0. The molecule has 4 aromatic rings. The number of aromatic nitrogens is 2. The number of pyridine rings is 1. The molecule has 2 aromatic heterocycles. The van der Waals surface area contributed by atoms with Crippen molar-refractivity contribution in [3.63, 3.8) is 0 Å². The quantitative estimate of drug-likeness (QED) is 0.247. The highest BCUT2D eigenvalue weighted by Crippen LogP contribution is 2.36. The number of nitrogens with one attached hydrogen (secondary N) is 2. The lowest BCUT2D eigenvalue weighted by molar-refractivity contribution is -0.138. The summed E-state index contributed by atoms with van der Waals surface area (Å²) in [6.45, 7) is 3.82. The number of alkyl halides is 3. The summed E-state index contributed by atoms with van der Waals surface area (Å²) in [4.78, 5) is 40.5. The fourth-order valence-corrected chi connectivity index (χ4v) is 6.50. The zero-order chi connectivity index (χ0) is 32.0. The largest absolute Gasteiger partial charge is 0.439 e. The minimum absolute atomic E-state index is 0.0166. The molecule has 3 amide bonds. The highest BCUT2D eigenvalue weighted by Gasteiger charge is 2.35. The lowest BCUT2D eigenvalue weighted by Gasteiger charge is -2.33. The Balaban J connectivity index is 0.988. The van der Waals surface area contributed by atoms with Crippen LogP contribution < -0.4 is 15.4 Å². The van der Waals surface area contributed by atoms with Crippen molar-refractivity contribution in [3.05, 3.63) is 70.8 Å². The van der Waals surface area contributed by atoms with E-state index in [2.05, 4.69) is 25.5 Å². The number of carbonyl (C=O) groups excluding carboxylic acids is 2. The molecule has 2 N–H and O–H groups in total. The minimum atomic E-state index is -4.55. The van der Waals surface area contributed by atoms with Gasteiger partial charge in [-0.3, -0.25) is 9.69 Å². The average Bonchev–Trinajstić information content (AvgIpc) is 3.67. The number of rotatable bonds is 7. The number of nitrogens with zero attached hydrogens (tertiary/aromatic N) is 5. The Hall–Kier alpha value is -4.27. The van der Waals surface area contributed by atoms with E-state index in [4.69, 9.17) is 4.74 Å². The Bertz CT molecular complexity index is 1800. The van der Waals surface area contributed by atoms with Gasteiger partial charge in [0.25, 0.3) is 0 Å². The molecule has 2 fully saturated rings. The van der Waals surface area contributed by atoms with E-state index in [0.717, 1.165) is 43.1 Å². The van der Waals surface area contributed by atoms with E-state index in [9.17, 15) is 22.8 Å². The predicted octanol–water partition coefficient (Wildman–Crippen LogP) is 6.15. The van der Waals surface area contributed by atoms with Crippen molar-refractivity contribution < 1.29 is 27.5 Å². The first-order valence-electron chi connectivity index (χ1n) is 15.1. The van der Waals surface area contributed by atoms with Gasteiger partial charge in [-0.15, -0.1) is 0 Å². The lowest BCUT2D eigenvalue weighted by Crippen LogP contribution is -2.44. The molecular weight excluding hydrogens is 619 g/mol. The van der Waals surface area contributed by atoms with Gasteiger partial charge in [0, 0.05) is 63.5 Å². The standard InChI is InChI=1S/C32H32F3N7O3S/c1-40-10-12-41(13-11-40)16-21-4-6-23(15-25(21)32(33,34)35)36-31(44)42-17-20-5-7-24(14-22(20)18-42)45-27-9-8-26-29(38-27)46-30(37-26)39-28(43)19-2-3-19/h4-9,14-15,19H,2-3,10-13,16-18H2,1H3,(H,36,44)(H,37,39,43). The molecule has 1 aliphatic carbocycles. The van der Waals surface area contributed by atoms with Crippen molar-refractivity contribution in [1.29, 1.82) is 0 Å². The Morgan fingerprint density at radius 3 is 2.50 bits per heavy atom. The molecule has 0 atom stereocenters. The Labute approximate surface area is 267 Å². The summed E-state index contributed by atoms with van der Waals surface area (Å²) in [7, 11) is 2.00. The number of benzene rings is 2. The molecule has 14 heteroatoms. The third-order valence-corrected chi connectivity index (χ3v) is 9.35. The van der Waals surface area contributed by atoms with Crippen LogP contribution >= 0.6 is 11.3 Å². The van der Waals surface area contributed by atoms with Gasteiger partial charge in [-0.2, -0.15) is 13.2 Å². The Morgan fingerprint density at radius 2 is 1.74 bits per heavy atom. The number of hydrogen-bond acceptors (Lipinski definition) is 8. The molecule has 0 unspecified atom stereocenters. The van der Waals surface area contributed by atoms with Gasteiger partial charge in [-0.05, 0) is 66.9 Å². The first-order valence-corrected chi connectivity index (χ1v) is 15.9. The number of urea groups is 1. The summed E-state index contributed by atoms with van der Waals surface area (Å²) in [6.07, 6.45) is -2.73. The monoisotopic (exact) mass is 651 g/mol. The first kappa shape index (κ1) is 30.4. The summed E-state index contributed by atoms with van der Waals surface area (Å²) in [5, 5.41) is 6.00.